The summed E-state index contributed by atoms with van der Waals surface area (Å²) in [6, 6.07) is 9.49. The molecule has 3 N–H and O–H groups in total. The molecule has 92 valence electrons. The van der Waals surface area contributed by atoms with Crippen LogP contribution in [0.4, 0.5) is 5.69 Å². The van der Waals surface area contributed by atoms with Crippen LogP contribution in [-0.2, 0) is 4.79 Å². The minimum absolute atomic E-state index is 0.0925. The van der Waals surface area contributed by atoms with Gasteiger partial charge in [0.2, 0.25) is 5.91 Å². The monoisotopic (exact) mass is 241 g/mol. The molecule has 4 heteroatoms. The fraction of sp³-hybridized carbons (Fsp3) is 0.286. The Morgan fingerprint density at radius 2 is 2.11 bits per heavy atom. The topological polar surface area (TPSA) is 68.0 Å². The molecule has 0 spiro atoms. The summed E-state index contributed by atoms with van der Waals surface area (Å²) in [5.41, 5.74) is 6.98. The van der Waals surface area contributed by atoms with E-state index >= 15 is 0 Å². The molecule has 0 bridgehead atoms. The highest BCUT2D eigenvalue weighted by atomic mass is 16.2. The third-order valence-corrected chi connectivity index (χ3v) is 3.59. The normalized spacial score (nSPS) is 17.2. The van der Waals surface area contributed by atoms with Gasteiger partial charge in [-0.15, -0.1) is 0 Å². The number of rotatable bonds is 2. The van der Waals surface area contributed by atoms with Gasteiger partial charge in [0.15, 0.2) is 0 Å². The van der Waals surface area contributed by atoms with Crippen LogP contribution in [0.5, 0.6) is 0 Å². The SMILES string of the molecule is NC1(C(=O)Nc2cccc3ncccc23)CCC1. The van der Waals surface area contributed by atoms with E-state index in [2.05, 4.69) is 10.3 Å². The molecule has 1 amide bonds. The Morgan fingerprint density at radius 3 is 2.83 bits per heavy atom. The van der Waals surface area contributed by atoms with Crippen molar-refractivity contribution in [2.75, 3.05) is 5.32 Å². The lowest BCUT2D eigenvalue weighted by molar-refractivity contribution is -0.123. The van der Waals surface area contributed by atoms with Gasteiger partial charge in [-0.1, -0.05) is 6.07 Å². The predicted molar refractivity (Wildman–Crippen MR) is 71.1 cm³/mol. The van der Waals surface area contributed by atoms with Gasteiger partial charge in [0.1, 0.15) is 0 Å². The van der Waals surface area contributed by atoms with Crippen molar-refractivity contribution in [2.24, 2.45) is 5.73 Å². The van der Waals surface area contributed by atoms with Crippen LogP contribution in [0, 0.1) is 0 Å². The van der Waals surface area contributed by atoms with Crippen molar-refractivity contribution in [3.8, 4) is 0 Å². The Kier molecular flexibility index (Phi) is 2.52. The minimum Gasteiger partial charge on any atom is -0.324 e. The molecule has 0 radical (unpaired) electrons. The van der Waals surface area contributed by atoms with Crippen LogP contribution in [0.15, 0.2) is 36.5 Å². The van der Waals surface area contributed by atoms with E-state index in [1.807, 2.05) is 30.3 Å². The zero-order valence-electron chi connectivity index (χ0n) is 10.0. The van der Waals surface area contributed by atoms with Crippen molar-refractivity contribution in [1.29, 1.82) is 0 Å². The van der Waals surface area contributed by atoms with Crippen LogP contribution >= 0.6 is 0 Å². The number of amides is 1. The van der Waals surface area contributed by atoms with E-state index in [1.165, 1.54) is 0 Å². The molecule has 1 aliphatic carbocycles. The molecule has 1 fully saturated rings. The molecule has 1 aliphatic rings. The predicted octanol–water partition coefficient (Wildman–Crippen LogP) is 2.05. The summed E-state index contributed by atoms with van der Waals surface area (Å²) in [7, 11) is 0. The molecular weight excluding hydrogens is 226 g/mol. The molecule has 2 aromatic rings. The van der Waals surface area contributed by atoms with Gasteiger partial charge in [-0.3, -0.25) is 9.78 Å². The number of carbonyl (C=O) groups excluding carboxylic acids is 1. The minimum atomic E-state index is -0.676. The van der Waals surface area contributed by atoms with Crippen LogP contribution in [-0.4, -0.2) is 16.4 Å². The van der Waals surface area contributed by atoms with Crippen molar-refractivity contribution in [3.05, 3.63) is 36.5 Å². The van der Waals surface area contributed by atoms with E-state index in [1.54, 1.807) is 6.20 Å². The molecule has 0 atom stereocenters. The van der Waals surface area contributed by atoms with Gasteiger partial charge in [0, 0.05) is 11.6 Å². The van der Waals surface area contributed by atoms with Gasteiger partial charge in [-0.2, -0.15) is 0 Å². The lowest BCUT2D eigenvalue weighted by atomic mass is 9.77. The van der Waals surface area contributed by atoms with E-state index < -0.39 is 5.54 Å². The maximum Gasteiger partial charge on any atom is 0.244 e. The zero-order chi connectivity index (χ0) is 12.6. The van der Waals surface area contributed by atoms with Gasteiger partial charge in [0.25, 0.3) is 0 Å². The molecule has 0 unspecified atom stereocenters. The number of nitrogens with zero attached hydrogens (tertiary/aromatic N) is 1. The van der Waals surface area contributed by atoms with Crippen LogP contribution < -0.4 is 11.1 Å². The number of hydrogen-bond acceptors (Lipinski definition) is 3. The maximum atomic E-state index is 12.1. The van der Waals surface area contributed by atoms with Crippen molar-refractivity contribution in [3.63, 3.8) is 0 Å². The van der Waals surface area contributed by atoms with E-state index in [0.29, 0.717) is 0 Å². The number of carbonyl (C=O) groups is 1. The standard InChI is InChI=1S/C14H15N3O/c15-14(7-3-8-14)13(18)17-12-6-1-5-11-10(12)4-2-9-16-11/h1-2,4-6,9H,3,7-8,15H2,(H,17,18). The Bertz CT molecular complexity index is 600. The average Bonchev–Trinajstić information content (AvgIpc) is 2.36. The molecule has 1 aromatic heterocycles. The maximum absolute atomic E-state index is 12.1. The Morgan fingerprint density at radius 1 is 1.28 bits per heavy atom. The second-order valence-corrected chi connectivity index (χ2v) is 4.84. The number of hydrogen-bond donors (Lipinski definition) is 2. The number of aromatic nitrogens is 1. The van der Waals surface area contributed by atoms with Gasteiger partial charge < -0.3 is 11.1 Å². The summed E-state index contributed by atoms with van der Waals surface area (Å²) in [6.45, 7) is 0. The number of pyridine rings is 1. The van der Waals surface area contributed by atoms with E-state index in [0.717, 1.165) is 35.9 Å². The van der Waals surface area contributed by atoms with E-state index in [-0.39, 0.29) is 5.91 Å². The average molecular weight is 241 g/mol. The first-order chi connectivity index (χ1) is 8.69. The molecular formula is C14H15N3O. The second kappa shape index (κ2) is 4.07. The lowest BCUT2D eigenvalue weighted by Crippen LogP contribution is -2.56. The van der Waals surface area contributed by atoms with Crippen molar-refractivity contribution in [1.82, 2.24) is 4.98 Å². The van der Waals surface area contributed by atoms with Crippen LogP contribution in [0.3, 0.4) is 0 Å². The van der Waals surface area contributed by atoms with Gasteiger partial charge in [-0.05, 0) is 43.5 Å². The van der Waals surface area contributed by atoms with Crippen molar-refractivity contribution in [2.45, 2.75) is 24.8 Å². The van der Waals surface area contributed by atoms with Crippen LogP contribution in [0.1, 0.15) is 19.3 Å². The first-order valence-electron chi connectivity index (χ1n) is 6.13. The van der Waals surface area contributed by atoms with Gasteiger partial charge >= 0.3 is 0 Å². The summed E-state index contributed by atoms with van der Waals surface area (Å²) in [5, 5.41) is 3.86. The molecule has 1 aromatic carbocycles. The Balaban J connectivity index is 1.93. The van der Waals surface area contributed by atoms with Crippen LogP contribution in [0.25, 0.3) is 10.9 Å². The fourth-order valence-electron chi connectivity index (χ4n) is 2.24. The number of anilines is 1. The smallest absolute Gasteiger partial charge is 0.244 e. The highest BCUT2D eigenvalue weighted by molar-refractivity contribution is 6.04. The fourth-order valence-corrected chi connectivity index (χ4v) is 2.24. The summed E-state index contributed by atoms with van der Waals surface area (Å²) >= 11 is 0. The quantitative estimate of drug-likeness (QED) is 0.845. The van der Waals surface area contributed by atoms with Crippen molar-refractivity contribution >= 4 is 22.5 Å². The summed E-state index contributed by atoms with van der Waals surface area (Å²) in [4.78, 5) is 16.4. The van der Waals surface area contributed by atoms with E-state index in [4.69, 9.17) is 5.73 Å². The van der Waals surface area contributed by atoms with Gasteiger partial charge in [0.05, 0.1) is 16.7 Å². The summed E-state index contributed by atoms with van der Waals surface area (Å²) in [5.74, 6) is -0.0925. The molecule has 3 rings (SSSR count). The first kappa shape index (κ1) is 11.2. The molecule has 4 nitrogen and oxygen atoms in total. The van der Waals surface area contributed by atoms with E-state index in [9.17, 15) is 4.79 Å². The molecule has 0 aliphatic heterocycles. The number of benzene rings is 1. The Labute approximate surface area is 105 Å². The zero-order valence-corrected chi connectivity index (χ0v) is 10.0. The first-order valence-corrected chi connectivity index (χ1v) is 6.13. The molecule has 1 saturated carbocycles. The Hall–Kier alpha value is -1.94. The third-order valence-electron chi connectivity index (χ3n) is 3.59. The van der Waals surface area contributed by atoms with Crippen molar-refractivity contribution < 1.29 is 4.79 Å². The molecule has 18 heavy (non-hydrogen) atoms. The molecule has 1 heterocycles. The third kappa shape index (κ3) is 1.75. The summed E-state index contributed by atoms with van der Waals surface area (Å²) in [6.07, 6.45) is 4.30. The summed E-state index contributed by atoms with van der Waals surface area (Å²) < 4.78 is 0. The highest BCUT2D eigenvalue weighted by Gasteiger charge is 2.40. The highest BCUT2D eigenvalue weighted by Crippen LogP contribution is 2.31. The lowest BCUT2D eigenvalue weighted by Gasteiger charge is -2.36. The van der Waals surface area contributed by atoms with Crippen LogP contribution in [0.2, 0.25) is 0 Å². The molecule has 0 saturated heterocycles. The second-order valence-electron chi connectivity index (χ2n) is 4.84. The van der Waals surface area contributed by atoms with Gasteiger partial charge in [-0.25, -0.2) is 0 Å². The number of fused-ring (bicyclic) bond motifs is 1. The number of nitrogens with one attached hydrogen (secondary N) is 1. The number of nitrogens with two attached hydrogens (primary N) is 1. The largest absolute Gasteiger partial charge is 0.324 e.